The van der Waals surface area contributed by atoms with Gasteiger partial charge in [0, 0.05) is 12.1 Å². The summed E-state index contributed by atoms with van der Waals surface area (Å²) < 4.78 is 44.4. The van der Waals surface area contributed by atoms with Crippen LogP contribution in [0.5, 0.6) is 11.5 Å². The van der Waals surface area contributed by atoms with Gasteiger partial charge in [0.25, 0.3) is 0 Å². The number of carbonyl (C=O) groups excluding carboxylic acids is 1. The average Bonchev–Trinajstić information content (AvgIpc) is 2.68. The van der Waals surface area contributed by atoms with Gasteiger partial charge in [-0.1, -0.05) is 26.7 Å². The molecule has 3 unspecified atom stereocenters. The SMILES string of the molecule is COC(=O)/C=C/c1cc(OC)c(OC)c(S(=O)(=O)NC2CCCC(C)C2C)c1. The fraction of sp³-hybridized carbons (Fsp3) is 0.550. The Morgan fingerprint density at radius 3 is 2.46 bits per heavy atom. The first-order chi connectivity index (χ1) is 13.2. The third-order valence-electron chi connectivity index (χ3n) is 5.38. The summed E-state index contributed by atoms with van der Waals surface area (Å²) >= 11 is 0. The molecule has 0 amide bonds. The van der Waals surface area contributed by atoms with Crippen LogP contribution < -0.4 is 14.2 Å². The molecule has 0 aromatic heterocycles. The Morgan fingerprint density at radius 1 is 1.14 bits per heavy atom. The van der Waals surface area contributed by atoms with Crippen molar-refractivity contribution >= 4 is 22.1 Å². The van der Waals surface area contributed by atoms with Gasteiger partial charge in [0.15, 0.2) is 11.5 Å². The fourth-order valence-corrected chi connectivity index (χ4v) is 5.07. The molecular formula is C20H29NO6S. The van der Waals surface area contributed by atoms with Crippen molar-refractivity contribution in [2.45, 2.75) is 44.0 Å². The van der Waals surface area contributed by atoms with Gasteiger partial charge in [0.2, 0.25) is 10.0 Å². The van der Waals surface area contributed by atoms with E-state index in [-0.39, 0.29) is 28.4 Å². The molecule has 8 heteroatoms. The smallest absolute Gasteiger partial charge is 0.330 e. The van der Waals surface area contributed by atoms with E-state index in [4.69, 9.17) is 9.47 Å². The maximum absolute atomic E-state index is 13.2. The third kappa shape index (κ3) is 5.05. The number of sulfonamides is 1. The van der Waals surface area contributed by atoms with Crippen molar-refractivity contribution in [1.29, 1.82) is 0 Å². The summed E-state index contributed by atoms with van der Waals surface area (Å²) in [5.74, 6) is 0.537. The van der Waals surface area contributed by atoms with Crippen molar-refractivity contribution in [2.75, 3.05) is 21.3 Å². The molecule has 1 aromatic rings. The molecule has 0 aliphatic heterocycles. The first-order valence-electron chi connectivity index (χ1n) is 9.27. The largest absolute Gasteiger partial charge is 0.493 e. The minimum absolute atomic E-state index is 0.0238. The van der Waals surface area contributed by atoms with Gasteiger partial charge in [-0.2, -0.15) is 0 Å². The normalized spacial score (nSPS) is 22.8. The number of carbonyl (C=O) groups is 1. The number of hydrogen-bond acceptors (Lipinski definition) is 6. The van der Waals surface area contributed by atoms with Gasteiger partial charge in [-0.3, -0.25) is 0 Å². The molecule has 0 bridgehead atoms. The van der Waals surface area contributed by atoms with Gasteiger partial charge >= 0.3 is 5.97 Å². The van der Waals surface area contributed by atoms with Crippen LogP contribution in [0.15, 0.2) is 23.1 Å². The molecule has 1 fully saturated rings. The quantitative estimate of drug-likeness (QED) is 0.548. The van der Waals surface area contributed by atoms with Crippen LogP contribution in [-0.4, -0.2) is 41.8 Å². The van der Waals surface area contributed by atoms with Crippen LogP contribution in [-0.2, 0) is 19.6 Å². The van der Waals surface area contributed by atoms with Crippen molar-refractivity contribution in [1.82, 2.24) is 4.72 Å². The lowest BCUT2D eigenvalue weighted by atomic mass is 9.78. The van der Waals surface area contributed by atoms with Gasteiger partial charge < -0.3 is 14.2 Å². The third-order valence-corrected chi connectivity index (χ3v) is 6.88. The van der Waals surface area contributed by atoms with Crippen LogP contribution in [0.2, 0.25) is 0 Å². The van der Waals surface area contributed by atoms with Crippen LogP contribution in [0.4, 0.5) is 0 Å². The number of rotatable bonds is 7. The molecular weight excluding hydrogens is 382 g/mol. The number of nitrogens with one attached hydrogen (secondary N) is 1. The molecule has 1 saturated carbocycles. The first-order valence-corrected chi connectivity index (χ1v) is 10.8. The van der Waals surface area contributed by atoms with Crippen LogP contribution in [0.3, 0.4) is 0 Å². The maximum atomic E-state index is 13.2. The fourth-order valence-electron chi connectivity index (χ4n) is 3.49. The van der Waals surface area contributed by atoms with E-state index in [0.29, 0.717) is 11.5 Å². The van der Waals surface area contributed by atoms with Crippen molar-refractivity contribution in [3.8, 4) is 11.5 Å². The van der Waals surface area contributed by atoms with E-state index >= 15 is 0 Å². The van der Waals surface area contributed by atoms with E-state index in [9.17, 15) is 13.2 Å². The lowest BCUT2D eigenvalue weighted by Crippen LogP contribution is -2.43. The highest BCUT2D eigenvalue weighted by Gasteiger charge is 2.32. The highest BCUT2D eigenvalue weighted by Crippen LogP contribution is 2.37. The second-order valence-electron chi connectivity index (χ2n) is 7.11. The Labute approximate surface area is 167 Å². The lowest BCUT2D eigenvalue weighted by Gasteiger charge is -2.34. The molecule has 0 heterocycles. The first kappa shape index (κ1) is 22.2. The molecule has 1 aliphatic rings. The molecule has 1 N–H and O–H groups in total. The summed E-state index contributed by atoms with van der Waals surface area (Å²) in [6, 6.07) is 2.92. The summed E-state index contributed by atoms with van der Waals surface area (Å²) in [4.78, 5) is 11.4. The summed E-state index contributed by atoms with van der Waals surface area (Å²) in [6.45, 7) is 4.22. The van der Waals surface area contributed by atoms with E-state index in [1.54, 1.807) is 6.07 Å². The van der Waals surface area contributed by atoms with E-state index in [0.717, 1.165) is 19.3 Å². The highest BCUT2D eigenvalue weighted by molar-refractivity contribution is 7.89. The van der Waals surface area contributed by atoms with Crippen LogP contribution in [0.1, 0.15) is 38.7 Å². The van der Waals surface area contributed by atoms with E-state index in [1.165, 1.54) is 39.5 Å². The maximum Gasteiger partial charge on any atom is 0.330 e. The Kier molecular flexibility index (Phi) is 7.48. The Morgan fingerprint density at radius 2 is 1.86 bits per heavy atom. The number of methoxy groups -OCH3 is 3. The van der Waals surface area contributed by atoms with Gasteiger partial charge in [-0.15, -0.1) is 0 Å². The van der Waals surface area contributed by atoms with E-state index < -0.39 is 16.0 Å². The molecule has 1 aliphatic carbocycles. The van der Waals surface area contributed by atoms with Gasteiger partial charge in [-0.05, 0) is 42.0 Å². The zero-order chi connectivity index (χ0) is 20.9. The number of esters is 1. The standard InChI is InChI=1S/C20H29NO6S/c1-13-7-6-8-16(14(13)2)21-28(23,24)18-12-15(9-10-19(22)26-4)11-17(25-3)20(18)27-5/h9-14,16,21H,6-8H2,1-5H3/b10-9+. The molecule has 2 rings (SSSR count). The zero-order valence-corrected chi connectivity index (χ0v) is 17.8. The van der Waals surface area contributed by atoms with Crippen molar-refractivity contribution in [3.05, 3.63) is 23.8 Å². The molecule has 0 spiro atoms. The molecule has 7 nitrogen and oxygen atoms in total. The highest BCUT2D eigenvalue weighted by atomic mass is 32.2. The van der Waals surface area contributed by atoms with Crippen molar-refractivity contribution < 1.29 is 27.4 Å². The minimum atomic E-state index is -3.86. The Balaban J connectivity index is 2.45. The van der Waals surface area contributed by atoms with E-state index in [2.05, 4.69) is 23.3 Å². The minimum Gasteiger partial charge on any atom is -0.493 e. The number of ether oxygens (including phenoxy) is 3. The molecule has 1 aromatic carbocycles. The second kappa shape index (κ2) is 9.43. The van der Waals surface area contributed by atoms with Crippen LogP contribution in [0.25, 0.3) is 6.08 Å². The molecule has 0 radical (unpaired) electrons. The predicted octanol–water partition coefficient (Wildman–Crippen LogP) is 2.99. The number of hydrogen-bond donors (Lipinski definition) is 1. The van der Waals surface area contributed by atoms with E-state index in [1.807, 2.05) is 0 Å². The molecule has 0 saturated heterocycles. The second-order valence-corrected chi connectivity index (χ2v) is 8.79. The monoisotopic (exact) mass is 411 g/mol. The predicted molar refractivity (Wildman–Crippen MR) is 107 cm³/mol. The summed E-state index contributed by atoms with van der Waals surface area (Å²) in [5.41, 5.74) is 0.480. The van der Waals surface area contributed by atoms with Gasteiger partial charge in [-0.25, -0.2) is 17.9 Å². The summed E-state index contributed by atoms with van der Waals surface area (Å²) in [7, 11) is 0.234. The lowest BCUT2D eigenvalue weighted by molar-refractivity contribution is -0.134. The van der Waals surface area contributed by atoms with Gasteiger partial charge in [0.1, 0.15) is 4.90 Å². The average molecular weight is 412 g/mol. The summed E-state index contributed by atoms with van der Waals surface area (Å²) in [5, 5.41) is 0. The van der Waals surface area contributed by atoms with Crippen molar-refractivity contribution in [3.63, 3.8) is 0 Å². The van der Waals surface area contributed by atoms with Crippen LogP contribution in [0, 0.1) is 11.8 Å². The Bertz CT molecular complexity index is 833. The zero-order valence-electron chi connectivity index (χ0n) is 17.0. The van der Waals surface area contributed by atoms with Crippen molar-refractivity contribution in [2.24, 2.45) is 11.8 Å². The number of benzene rings is 1. The summed E-state index contributed by atoms with van der Waals surface area (Å²) in [6.07, 6.45) is 5.58. The molecule has 3 atom stereocenters. The molecule has 28 heavy (non-hydrogen) atoms. The topological polar surface area (TPSA) is 90.9 Å². The van der Waals surface area contributed by atoms with Gasteiger partial charge in [0.05, 0.1) is 21.3 Å². The molecule has 156 valence electrons. The van der Waals surface area contributed by atoms with Crippen LogP contribution >= 0.6 is 0 Å². The Hall–Kier alpha value is -2.06.